The fraction of sp³-hybridized carbons (Fsp3) is 0.0952. The summed E-state index contributed by atoms with van der Waals surface area (Å²) in [5.74, 6) is 0.204. The number of rotatable bonds is 5. The third kappa shape index (κ3) is 4.10. The van der Waals surface area contributed by atoms with E-state index in [4.69, 9.17) is 0 Å². The number of hydrogen-bond donors (Lipinski definition) is 2. The van der Waals surface area contributed by atoms with Crippen molar-refractivity contribution in [1.82, 2.24) is 10.3 Å². The van der Waals surface area contributed by atoms with Gasteiger partial charge in [0.15, 0.2) is 0 Å². The van der Waals surface area contributed by atoms with Gasteiger partial charge in [-0.15, -0.1) is 0 Å². The molecule has 7 aromatic carbocycles. The molecule has 210 valence electrons. The highest BCUT2D eigenvalue weighted by atomic mass is 14.9. The number of fused-ring (bicyclic) bond motifs is 7. The van der Waals surface area contributed by atoms with E-state index in [1.165, 1.54) is 76.4 Å². The van der Waals surface area contributed by atoms with Crippen LogP contribution in [-0.4, -0.2) is 11.0 Å². The highest BCUT2D eigenvalue weighted by Crippen LogP contribution is 2.43. The molecule has 2 heterocycles. The molecule has 1 atom stereocenters. The SMILES string of the molecule is C1=C(c2ccc3cc[nH]c3c2)NC(CC(c2cc3ccccc3c3ccccc23)c2cc3ccccc3c3ccccc23)C1. The molecule has 0 saturated carbocycles. The molecule has 0 radical (unpaired) electrons. The van der Waals surface area contributed by atoms with Crippen molar-refractivity contribution in [3.8, 4) is 0 Å². The second kappa shape index (κ2) is 10.1. The van der Waals surface area contributed by atoms with Crippen LogP contribution < -0.4 is 5.32 Å². The van der Waals surface area contributed by atoms with Crippen LogP contribution in [-0.2, 0) is 0 Å². The lowest BCUT2D eigenvalue weighted by Gasteiger charge is -2.27. The highest BCUT2D eigenvalue weighted by molar-refractivity contribution is 6.11. The number of hydrogen-bond acceptors (Lipinski definition) is 1. The van der Waals surface area contributed by atoms with E-state index in [2.05, 4.69) is 150 Å². The molecule has 1 aromatic heterocycles. The van der Waals surface area contributed by atoms with E-state index in [0.717, 1.165) is 12.8 Å². The minimum atomic E-state index is 0.204. The highest BCUT2D eigenvalue weighted by Gasteiger charge is 2.27. The first-order valence-electron chi connectivity index (χ1n) is 15.7. The fourth-order valence-corrected chi connectivity index (χ4v) is 7.62. The van der Waals surface area contributed by atoms with Crippen LogP contribution in [0.15, 0.2) is 146 Å². The third-order valence-corrected chi connectivity index (χ3v) is 9.70. The van der Waals surface area contributed by atoms with Gasteiger partial charge in [-0.2, -0.15) is 0 Å². The Morgan fingerprint density at radius 3 is 1.75 bits per heavy atom. The van der Waals surface area contributed by atoms with Crippen molar-refractivity contribution in [3.63, 3.8) is 0 Å². The molecule has 1 unspecified atom stereocenters. The molecule has 0 spiro atoms. The molecule has 0 aliphatic carbocycles. The summed E-state index contributed by atoms with van der Waals surface area (Å²) in [6, 6.07) is 49.8. The maximum atomic E-state index is 3.95. The molecule has 1 aliphatic heterocycles. The van der Waals surface area contributed by atoms with Crippen LogP contribution in [0.4, 0.5) is 0 Å². The molecule has 2 N–H and O–H groups in total. The van der Waals surface area contributed by atoms with E-state index < -0.39 is 0 Å². The first-order valence-corrected chi connectivity index (χ1v) is 15.7. The van der Waals surface area contributed by atoms with Gasteiger partial charge in [0.25, 0.3) is 0 Å². The zero-order chi connectivity index (χ0) is 29.0. The Morgan fingerprint density at radius 2 is 1.11 bits per heavy atom. The standard InChI is InChI=1S/C42H32N2/c1-3-11-32-28(9-1)23-38(36-15-7-5-13-34(32)36)40(39-24-29-10-2-4-12-33(29)35-14-6-8-16-37(35)39)26-31-19-20-41(44-31)30-18-17-27-21-22-43-42(27)25-30/h1-18,20-25,31,40,43-44H,19,26H2. The summed E-state index contributed by atoms with van der Waals surface area (Å²) in [7, 11) is 0. The number of nitrogens with one attached hydrogen (secondary N) is 2. The summed E-state index contributed by atoms with van der Waals surface area (Å²) in [4.78, 5) is 3.38. The molecule has 0 fully saturated rings. The van der Waals surface area contributed by atoms with Crippen molar-refractivity contribution in [3.05, 3.63) is 162 Å². The average Bonchev–Trinajstić information content (AvgIpc) is 3.76. The first kappa shape index (κ1) is 25.2. The van der Waals surface area contributed by atoms with Crippen molar-refractivity contribution in [2.45, 2.75) is 24.8 Å². The number of aromatic nitrogens is 1. The molecule has 9 rings (SSSR count). The van der Waals surface area contributed by atoms with Gasteiger partial charge in [-0.3, -0.25) is 0 Å². The van der Waals surface area contributed by atoms with E-state index in [0.29, 0.717) is 6.04 Å². The Labute approximate surface area is 256 Å². The largest absolute Gasteiger partial charge is 0.382 e. The minimum Gasteiger partial charge on any atom is -0.382 e. The normalized spacial score (nSPS) is 15.1. The molecule has 0 saturated heterocycles. The van der Waals surface area contributed by atoms with Gasteiger partial charge in [-0.25, -0.2) is 0 Å². The lowest BCUT2D eigenvalue weighted by molar-refractivity contribution is 0.546. The Hall–Kier alpha value is -5.34. The van der Waals surface area contributed by atoms with Crippen molar-refractivity contribution in [2.75, 3.05) is 0 Å². The monoisotopic (exact) mass is 564 g/mol. The average molecular weight is 565 g/mol. The predicted octanol–water partition coefficient (Wildman–Crippen LogP) is 10.7. The second-order valence-electron chi connectivity index (χ2n) is 12.2. The fourth-order valence-electron chi connectivity index (χ4n) is 7.62. The topological polar surface area (TPSA) is 27.8 Å². The summed E-state index contributed by atoms with van der Waals surface area (Å²) in [5.41, 5.74) is 6.46. The maximum absolute atomic E-state index is 3.95. The zero-order valence-corrected chi connectivity index (χ0v) is 24.4. The van der Waals surface area contributed by atoms with Gasteiger partial charge in [0.05, 0.1) is 0 Å². The van der Waals surface area contributed by atoms with Crippen molar-refractivity contribution < 1.29 is 0 Å². The Balaban J connectivity index is 1.22. The van der Waals surface area contributed by atoms with Crippen molar-refractivity contribution in [2.24, 2.45) is 0 Å². The predicted molar refractivity (Wildman–Crippen MR) is 187 cm³/mol. The number of H-pyrrole nitrogens is 1. The van der Waals surface area contributed by atoms with Gasteiger partial charge < -0.3 is 10.3 Å². The van der Waals surface area contributed by atoms with Crippen LogP contribution >= 0.6 is 0 Å². The van der Waals surface area contributed by atoms with E-state index in [1.807, 2.05) is 6.20 Å². The molecule has 2 heteroatoms. The van der Waals surface area contributed by atoms with Crippen LogP contribution in [0.3, 0.4) is 0 Å². The maximum Gasteiger partial charge on any atom is 0.0460 e. The lowest BCUT2D eigenvalue weighted by Crippen LogP contribution is -2.25. The molecule has 1 aliphatic rings. The Kier molecular flexibility index (Phi) is 5.80. The third-order valence-electron chi connectivity index (χ3n) is 9.70. The van der Waals surface area contributed by atoms with Crippen LogP contribution in [0.2, 0.25) is 0 Å². The number of benzene rings is 7. The van der Waals surface area contributed by atoms with Gasteiger partial charge in [0, 0.05) is 29.4 Å². The van der Waals surface area contributed by atoms with Gasteiger partial charge in [0.1, 0.15) is 0 Å². The van der Waals surface area contributed by atoms with Gasteiger partial charge in [0.2, 0.25) is 0 Å². The van der Waals surface area contributed by atoms with Crippen LogP contribution in [0.5, 0.6) is 0 Å². The van der Waals surface area contributed by atoms with Gasteiger partial charge in [-0.1, -0.05) is 115 Å². The molecule has 0 bridgehead atoms. The summed E-state index contributed by atoms with van der Waals surface area (Å²) < 4.78 is 0. The van der Waals surface area contributed by atoms with E-state index in [-0.39, 0.29) is 5.92 Å². The smallest absolute Gasteiger partial charge is 0.0460 e. The van der Waals surface area contributed by atoms with Crippen LogP contribution in [0.25, 0.3) is 59.7 Å². The summed E-state index contributed by atoms with van der Waals surface area (Å²) in [6.07, 6.45) is 6.41. The van der Waals surface area contributed by atoms with Crippen molar-refractivity contribution >= 4 is 59.7 Å². The Bertz CT molecular complexity index is 2270. The van der Waals surface area contributed by atoms with Crippen LogP contribution in [0.1, 0.15) is 35.4 Å². The summed E-state index contributed by atoms with van der Waals surface area (Å²) >= 11 is 0. The zero-order valence-electron chi connectivity index (χ0n) is 24.4. The van der Waals surface area contributed by atoms with E-state index >= 15 is 0 Å². The molecule has 8 aromatic rings. The second-order valence-corrected chi connectivity index (χ2v) is 12.2. The van der Waals surface area contributed by atoms with E-state index in [9.17, 15) is 0 Å². The quantitative estimate of drug-likeness (QED) is 0.200. The van der Waals surface area contributed by atoms with Crippen LogP contribution in [0, 0.1) is 0 Å². The molecular formula is C42H32N2. The summed E-state index contributed by atoms with van der Waals surface area (Å²) in [6.45, 7) is 0. The van der Waals surface area contributed by atoms with Crippen molar-refractivity contribution in [1.29, 1.82) is 0 Å². The van der Waals surface area contributed by atoms with Gasteiger partial charge in [-0.05, 0) is 102 Å². The number of aromatic amines is 1. The molecule has 44 heavy (non-hydrogen) atoms. The van der Waals surface area contributed by atoms with E-state index in [1.54, 1.807) is 0 Å². The molecular weight excluding hydrogens is 532 g/mol. The lowest BCUT2D eigenvalue weighted by atomic mass is 9.79. The first-order chi connectivity index (χ1) is 21.8. The minimum absolute atomic E-state index is 0.204. The van der Waals surface area contributed by atoms with Gasteiger partial charge >= 0.3 is 0 Å². The summed E-state index contributed by atoms with van der Waals surface area (Å²) in [5, 5.41) is 15.8. The Morgan fingerprint density at radius 1 is 0.545 bits per heavy atom. The molecule has 0 amide bonds. The molecule has 2 nitrogen and oxygen atoms in total.